The minimum absolute atomic E-state index is 0.0284. The monoisotopic (exact) mass is 362 g/mol. The molecule has 7 nitrogen and oxygen atoms in total. The summed E-state index contributed by atoms with van der Waals surface area (Å²) >= 11 is 1.69. The van der Waals surface area contributed by atoms with Crippen LogP contribution in [0.2, 0.25) is 0 Å². The van der Waals surface area contributed by atoms with Crippen LogP contribution in [0.3, 0.4) is 0 Å². The van der Waals surface area contributed by atoms with Crippen molar-refractivity contribution in [2.24, 2.45) is 0 Å². The molecule has 3 heterocycles. The minimum Gasteiger partial charge on any atom is -0.356 e. The maximum atomic E-state index is 11.1. The predicted molar refractivity (Wildman–Crippen MR) is 101 cm³/mol. The van der Waals surface area contributed by atoms with E-state index in [1.165, 1.54) is 26.2 Å². The molecule has 0 spiro atoms. The molecule has 136 valence electrons. The van der Waals surface area contributed by atoms with Gasteiger partial charge in [0.25, 0.3) is 0 Å². The van der Waals surface area contributed by atoms with Crippen LogP contribution in [-0.2, 0) is 11.3 Å². The molecule has 2 aromatic rings. The van der Waals surface area contributed by atoms with Gasteiger partial charge in [-0.1, -0.05) is 18.7 Å². The zero-order valence-corrected chi connectivity index (χ0v) is 15.8. The number of rotatable bonds is 7. The van der Waals surface area contributed by atoms with Gasteiger partial charge in [0, 0.05) is 32.3 Å². The van der Waals surface area contributed by atoms with Gasteiger partial charge in [-0.05, 0) is 25.7 Å². The number of piperidine rings is 1. The van der Waals surface area contributed by atoms with Gasteiger partial charge >= 0.3 is 0 Å². The number of nitrogens with zero attached hydrogens (tertiary/aromatic N) is 5. The average Bonchev–Trinajstić information content (AvgIpc) is 3.03. The van der Waals surface area contributed by atoms with E-state index in [1.54, 1.807) is 11.8 Å². The van der Waals surface area contributed by atoms with E-state index in [2.05, 4.69) is 22.2 Å². The van der Waals surface area contributed by atoms with Gasteiger partial charge < -0.3 is 10.2 Å². The Labute approximate surface area is 152 Å². The highest BCUT2D eigenvalue weighted by Gasteiger charge is 2.19. The topological polar surface area (TPSA) is 75.9 Å². The number of hydrogen-bond donors (Lipinski definition) is 1. The van der Waals surface area contributed by atoms with Crippen LogP contribution in [0.1, 0.15) is 39.5 Å². The van der Waals surface area contributed by atoms with Crippen LogP contribution in [0.5, 0.6) is 0 Å². The number of anilines is 1. The molecule has 0 radical (unpaired) electrons. The van der Waals surface area contributed by atoms with E-state index in [4.69, 9.17) is 9.97 Å². The summed E-state index contributed by atoms with van der Waals surface area (Å²) in [5.74, 6) is 1.98. The lowest BCUT2D eigenvalue weighted by Crippen LogP contribution is -2.30. The zero-order valence-electron chi connectivity index (χ0n) is 15.0. The molecule has 1 fully saturated rings. The van der Waals surface area contributed by atoms with E-state index in [0.29, 0.717) is 13.1 Å². The summed E-state index contributed by atoms with van der Waals surface area (Å²) in [5, 5.41) is 9.13. The first kappa shape index (κ1) is 18.0. The summed E-state index contributed by atoms with van der Waals surface area (Å²) in [5.41, 5.74) is 0.861. The molecule has 25 heavy (non-hydrogen) atoms. The van der Waals surface area contributed by atoms with Crippen LogP contribution >= 0.6 is 11.8 Å². The highest BCUT2D eigenvalue weighted by Crippen LogP contribution is 2.29. The standard InChI is InChI=1S/C17H26N6OS/c1-3-11-25-17-20-15(22-8-5-4-6-9-22)14-12-19-23(16(14)21-17)10-7-18-13(2)24/h12H,3-11H2,1-2H3,(H,18,24). The molecule has 0 aromatic carbocycles. The van der Waals surface area contributed by atoms with Crippen molar-refractivity contribution < 1.29 is 4.79 Å². The Morgan fingerprint density at radius 3 is 2.80 bits per heavy atom. The molecule has 1 aliphatic rings. The molecule has 0 aliphatic carbocycles. The van der Waals surface area contributed by atoms with Gasteiger partial charge in [-0.2, -0.15) is 5.10 Å². The van der Waals surface area contributed by atoms with Crippen LogP contribution in [0.15, 0.2) is 11.4 Å². The summed E-state index contributed by atoms with van der Waals surface area (Å²) in [7, 11) is 0. The third kappa shape index (κ3) is 4.42. The number of nitrogens with one attached hydrogen (secondary N) is 1. The van der Waals surface area contributed by atoms with Gasteiger partial charge in [0.1, 0.15) is 5.82 Å². The van der Waals surface area contributed by atoms with Crippen molar-refractivity contribution >= 4 is 34.5 Å². The molecule has 8 heteroatoms. The summed E-state index contributed by atoms with van der Waals surface area (Å²) in [6, 6.07) is 0. The van der Waals surface area contributed by atoms with Gasteiger partial charge in [0.2, 0.25) is 5.91 Å². The lowest BCUT2D eigenvalue weighted by molar-refractivity contribution is -0.118. The van der Waals surface area contributed by atoms with Crippen LogP contribution in [0, 0.1) is 0 Å². The zero-order chi connectivity index (χ0) is 17.6. The van der Waals surface area contributed by atoms with E-state index in [1.807, 2.05) is 10.9 Å². The van der Waals surface area contributed by atoms with Crippen molar-refractivity contribution in [3.8, 4) is 0 Å². The lowest BCUT2D eigenvalue weighted by Gasteiger charge is -2.28. The van der Waals surface area contributed by atoms with Crippen molar-refractivity contribution in [2.45, 2.75) is 51.2 Å². The number of hydrogen-bond acceptors (Lipinski definition) is 6. The van der Waals surface area contributed by atoms with Gasteiger partial charge in [-0.15, -0.1) is 0 Å². The third-order valence-corrected chi connectivity index (χ3v) is 5.30. The Kier molecular flexibility index (Phi) is 6.12. The molecular formula is C17H26N6OS. The highest BCUT2D eigenvalue weighted by molar-refractivity contribution is 7.99. The molecular weight excluding hydrogens is 336 g/mol. The van der Waals surface area contributed by atoms with Gasteiger partial charge in [-0.25, -0.2) is 14.6 Å². The Morgan fingerprint density at radius 1 is 1.28 bits per heavy atom. The molecule has 0 unspecified atom stereocenters. The number of carbonyl (C=O) groups excluding carboxylic acids is 1. The summed E-state index contributed by atoms with van der Waals surface area (Å²) in [4.78, 5) is 23.0. The van der Waals surface area contributed by atoms with E-state index in [9.17, 15) is 4.79 Å². The van der Waals surface area contributed by atoms with Gasteiger partial charge in [0.15, 0.2) is 10.8 Å². The average molecular weight is 363 g/mol. The van der Waals surface area contributed by atoms with Crippen LogP contribution in [-0.4, -0.2) is 51.0 Å². The smallest absolute Gasteiger partial charge is 0.216 e. The fraction of sp³-hybridized carbons (Fsp3) is 0.647. The van der Waals surface area contributed by atoms with E-state index >= 15 is 0 Å². The maximum Gasteiger partial charge on any atom is 0.216 e. The summed E-state index contributed by atoms with van der Waals surface area (Å²) in [6.45, 7) is 6.93. The Bertz CT molecular complexity index is 725. The summed E-state index contributed by atoms with van der Waals surface area (Å²) in [6.07, 6.45) is 6.66. The third-order valence-electron chi connectivity index (χ3n) is 4.24. The maximum absolute atomic E-state index is 11.1. The number of thioether (sulfide) groups is 1. The van der Waals surface area contributed by atoms with E-state index < -0.39 is 0 Å². The fourth-order valence-electron chi connectivity index (χ4n) is 3.03. The largest absolute Gasteiger partial charge is 0.356 e. The first-order valence-electron chi connectivity index (χ1n) is 9.04. The Morgan fingerprint density at radius 2 is 2.08 bits per heavy atom. The van der Waals surface area contributed by atoms with Gasteiger partial charge in [-0.3, -0.25) is 4.79 Å². The number of amides is 1. The van der Waals surface area contributed by atoms with Crippen molar-refractivity contribution in [2.75, 3.05) is 30.3 Å². The van der Waals surface area contributed by atoms with Crippen molar-refractivity contribution in [1.29, 1.82) is 0 Å². The van der Waals surface area contributed by atoms with Gasteiger partial charge in [0.05, 0.1) is 18.1 Å². The fourth-order valence-corrected chi connectivity index (χ4v) is 3.72. The number of aromatic nitrogens is 4. The molecule has 2 aromatic heterocycles. The van der Waals surface area contributed by atoms with E-state index in [0.717, 1.165) is 47.3 Å². The van der Waals surface area contributed by atoms with Crippen molar-refractivity contribution in [3.63, 3.8) is 0 Å². The normalized spacial score (nSPS) is 14.9. The second-order valence-corrected chi connectivity index (χ2v) is 7.38. The molecule has 0 bridgehead atoms. The molecule has 1 aliphatic heterocycles. The minimum atomic E-state index is -0.0284. The molecule has 3 rings (SSSR count). The molecule has 0 saturated carbocycles. The molecule has 1 N–H and O–H groups in total. The lowest BCUT2D eigenvalue weighted by atomic mass is 10.1. The van der Waals surface area contributed by atoms with Crippen LogP contribution < -0.4 is 10.2 Å². The first-order valence-corrected chi connectivity index (χ1v) is 10.0. The quantitative estimate of drug-likeness (QED) is 0.602. The van der Waals surface area contributed by atoms with E-state index in [-0.39, 0.29) is 5.91 Å². The Hall–Kier alpha value is -1.83. The number of fused-ring (bicyclic) bond motifs is 1. The summed E-state index contributed by atoms with van der Waals surface area (Å²) < 4.78 is 1.87. The predicted octanol–water partition coefficient (Wildman–Crippen LogP) is 2.45. The van der Waals surface area contributed by atoms with Crippen molar-refractivity contribution in [1.82, 2.24) is 25.1 Å². The first-order chi connectivity index (χ1) is 12.2. The highest BCUT2D eigenvalue weighted by atomic mass is 32.2. The SMILES string of the molecule is CCCSc1nc(N2CCCCC2)c2cnn(CCNC(C)=O)c2n1. The van der Waals surface area contributed by atoms with Crippen LogP contribution in [0.25, 0.3) is 11.0 Å². The molecule has 1 amide bonds. The molecule has 0 atom stereocenters. The Balaban J connectivity index is 1.92. The second kappa shape index (κ2) is 8.51. The number of carbonyl (C=O) groups is 1. The second-order valence-electron chi connectivity index (χ2n) is 6.31. The van der Waals surface area contributed by atoms with Crippen molar-refractivity contribution in [3.05, 3.63) is 6.20 Å². The van der Waals surface area contributed by atoms with Crippen LogP contribution in [0.4, 0.5) is 5.82 Å². The molecule has 1 saturated heterocycles.